The molecule has 1 saturated heterocycles. The lowest BCUT2D eigenvalue weighted by atomic mass is 9.93. The van der Waals surface area contributed by atoms with Crippen LogP contribution in [0.5, 0.6) is 5.75 Å². The molecule has 1 atom stereocenters. The molecule has 0 radical (unpaired) electrons. The van der Waals surface area contributed by atoms with Gasteiger partial charge in [-0.15, -0.1) is 0 Å². The highest BCUT2D eigenvalue weighted by Gasteiger charge is 2.48. The molecular formula is C29H25FN2O4S. The fourth-order valence-electron chi connectivity index (χ4n) is 4.45. The van der Waals surface area contributed by atoms with E-state index in [1.165, 1.54) is 23.1 Å². The number of rotatable bonds is 6. The Morgan fingerprint density at radius 1 is 1.11 bits per heavy atom. The molecular weight excluding hydrogens is 491 g/mol. The maximum absolute atomic E-state index is 13.8. The van der Waals surface area contributed by atoms with Crippen molar-refractivity contribution in [3.8, 4) is 5.75 Å². The molecule has 8 heteroatoms. The first-order chi connectivity index (χ1) is 17.8. The SMILES string of the molecule is CCOc1cccc(C(O)=C2C(=O)C(=O)N(c3nc4ccc(F)cc4s3)C2c2ccc(C(C)C)cc2)c1. The number of Topliss-reactive ketones (excluding diaryl/α,β-unsaturated/α-hetero) is 1. The highest BCUT2D eigenvalue weighted by Crippen LogP contribution is 2.44. The van der Waals surface area contributed by atoms with Gasteiger partial charge in [0.2, 0.25) is 0 Å². The molecule has 0 saturated carbocycles. The van der Waals surface area contributed by atoms with Crippen LogP contribution in [0.4, 0.5) is 9.52 Å². The van der Waals surface area contributed by atoms with Gasteiger partial charge < -0.3 is 9.84 Å². The van der Waals surface area contributed by atoms with Crippen LogP contribution in [0.25, 0.3) is 16.0 Å². The number of carbonyl (C=O) groups excluding carboxylic acids is 2. The van der Waals surface area contributed by atoms with E-state index >= 15 is 0 Å². The van der Waals surface area contributed by atoms with Crippen LogP contribution in [-0.2, 0) is 9.59 Å². The Hall–Kier alpha value is -4.04. The van der Waals surface area contributed by atoms with E-state index in [1.807, 2.05) is 31.2 Å². The molecule has 1 fully saturated rings. The zero-order chi connectivity index (χ0) is 26.3. The van der Waals surface area contributed by atoms with Gasteiger partial charge in [-0.05, 0) is 54.3 Å². The summed E-state index contributed by atoms with van der Waals surface area (Å²) < 4.78 is 19.9. The Balaban J connectivity index is 1.70. The summed E-state index contributed by atoms with van der Waals surface area (Å²) in [5.74, 6) is -1.51. The summed E-state index contributed by atoms with van der Waals surface area (Å²) in [6, 6.07) is 17.6. The van der Waals surface area contributed by atoms with Crippen LogP contribution < -0.4 is 9.64 Å². The summed E-state index contributed by atoms with van der Waals surface area (Å²) in [5.41, 5.74) is 2.58. The van der Waals surface area contributed by atoms with Gasteiger partial charge in [0.25, 0.3) is 5.78 Å². The molecule has 1 aliphatic heterocycles. The van der Waals surface area contributed by atoms with Gasteiger partial charge in [0.15, 0.2) is 5.13 Å². The normalized spacial score (nSPS) is 17.2. The van der Waals surface area contributed by atoms with Crippen molar-refractivity contribution in [3.63, 3.8) is 0 Å². The number of ketones is 1. The lowest BCUT2D eigenvalue weighted by Gasteiger charge is -2.23. The van der Waals surface area contributed by atoms with Crippen molar-refractivity contribution in [2.45, 2.75) is 32.7 Å². The maximum atomic E-state index is 13.8. The van der Waals surface area contributed by atoms with Crippen LogP contribution in [0.15, 0.2) is 72.3 Å². The minimum atomic E-state index is -0.914. The fraction of sp³-hybridized carbons (Fsp3) is 0.207. The fourth-order valence-corrected chi connectivity index (χ4v) is 5.47. The summed E-state index contributed by atoms with van der Waals surface area (Å²) in [5, 5.41) is 11.6. The average Bonchev–Trinajstić information content (AvgIpc) is 3.41. The Morgan fingerprint density at radius 2 is 1.86 bits per heavy atom. The highest BCUT2D eigenvalue weighted by atomic mass is 32.1. The quantitative estimate of drug-likeness (QED) is 0.178. The Kier molecular flexibility index (Phi) is 6.52. The third kappa shape index (κ3) is 4.49. The molecule has 1 aliphatic rings. The van der Waals surface area contributed by atoms with Gasteiger partial charge in [0.1, 0.15) is 17.3 Å². The number of hydrogen-bond acceptors (Lipinski definition) is 6. The predicted octanol–water partition coefficient (Wildman–Crippen LogP) is 6.58. The first-order valence-electron chi connectivity index (χ1n) is 12.0. The highest BCUT2D eigenvalue weighted by molar-refractivity contribution is 7.22. The van der Waals surface area contributed by atoms with Gasteiger partial charge in [-0.1, -0.05) is 61.6 Å². The third-order valence-corrected chi connectivity index (χ3v) is 7.34. The number of ether oxygens (including phenoxy) is 1. The van der Waals surface area contributed by atoms with Gasteiger partial charge in [-0.2, -0.15) is 0 Å². The second-order valence-corrected chi connectivity index (χ2v) is 10.1. The van der Waals surface area contributed by atoms with Crippen LogP contribution in [0.3, 0.4) is 0 Å². The topological polar surface area (TPSA) is 79.7 Å². The molecule has 1 N–H and O–H groups in total. The second kappa shape index (κ2) is 9.78. The number of amides is 1. The van der Waals surface area contributed by atoms with E-state index in [2.05, 4.69) is 18.8 Å². The summed E-state index contributed by atoms with van der Waals surface area (Å²) in [6.07, 6.45) is 0. The van der Waals surface area contributed by atoms with Gasteiger partial charge in [0, 0.05) is 5.56 Å². The number of aromatic nitrogens is 1. The maximum Gasteiger partial charge on any atom is 0.301 e. The Bertz CT molecular complexity index is 1540. The Morgan fingerprint density at radius 3 is 2.57 bits per heavy atom. The summed E-state index contributed by atoms with van der Waals surface area (Å²) in [7, 11) is 0. The van der Waals surface area contributed by atoms with E-state index in [0.717, 1.165) is 16.9 Å². The second-order valence-electron chi connectivity index (χ2n) is 9.06. The van der Waals surface area contributed by atoms with Crippen LogP contribution in [0.2, 0.25) is 0 Å². The molecule has 0 aliphatic carbocycles. The molecule has 5 rings (SSSR count). The number of nitrogens with zero attached hydrogens (tertiary/aromatic N) is 2. The third-order valence-electron chi connectivity index (χ3n) is 6.33. The van der Waals surface area contributed by atoms with E-state index in [9.17, 15) is 19.1 Å². The summed E-state index contributed by atoms with van der Waals surface area (Å²) in [4.78, 5) is 32.7. The molecule has 0 spiro atoms. The van der Waals surface area contributed by atoms with Crippen LogP contribution in [-0.4, -0.2) is 28.4 Å². The zero-order valence-corrected chi connectivity index (χ0v) is 21.4. The molecule has 37 heavy (non-hydrogen) atoms. The molecule has 1 amide bonds. The molecule has 188 valence electrons. The van der Waals surface area contributed by atoms with E-state index in [4.69, 9.17) is 4.74 Å². The largest absolute Gasteiger partial charge is 0.507 e. The van der Waals surface area contributed by atoms with E-state index in [0.29, 0.717) is 39.6 Å². The van der Waals surface area contributed by atoms with Gasteiger partial charge in [-0.3, -0.25) is 14.5 Å². The first kappa shape index (κ1) is 24.6. The zero-order valence-electron chi connectivity index (χ0n) is 20.6. The van der Waals surface area contributed by atoms with Crippen molar-refractivity contribution in [3.05, 3.63) is 94.8 Å². The molecule has 6 nitrogen and oxygen atoms in total. The molecule has 3 aromatic carbocycles. The lowest BCUT2D eigenvalue weighted by Crippen LogP contribution is -2.29. The summed E-state index contributed by atoms with van der Waals surface area (Å²) >= 11 is 1.12. The molecule has 4 aromatic rings. The smallest absolute Gasteiger partial charge is 0.301 e. The molecule has 1 aromatic heterocycles. The summed E-state index contributed by atoms with van der Waals surface area (Å²) in [6.45, 7) is 6.44. The van der Waals surface area contributed by atoms with Crippen molar-refractivity contribution in [1.82, 2.24) is 4.98 Å². The standard InChI is InChI=1S/C29H25FN2O4S/c1-4-36-21-7-5-6-19(14-21)26(33)24-25(18-10-8-17(9-11-18)16(2)3)32(28(35)27(24)34)29-31-22-13-12-20(30)15-23(22)37-29/h5-16,25,33H,4H2,1-3H3. The molecule has 1 unspecified atom stereocenters. The van der Waals surface area contributed by atoms with Crippen LogP contribution in [0, 0.1) is 5.82 Å². The van der Waals surface area contributed by atoms with Crippen LogP contribution >= 0.6 is 11.3 Å². The minimum absolute atomic E-state index is 0.0404. The van der Waals surface area contributed by atoms with Crippen LogP contribution in [0.1, 0.15) is 49.4 Å². The van der Waals surface area contributed by atoms with Gasteiger partial charge in [0.05, 0.1) is 28.4 Å². The Labute approximate surface area is 217 Å². The van der Waals surface area contributed by atoms with Gasteiger partial charge in [-0.25, -0.2) is 9.37 Å². The van der Waals surface area contributed by atoms with Crippen molar-refractivity contribution in [2.75, 3.05) is 11.5 Å². The number of fused-ring (bicyclic) bond motifs is 1. The predicted molar refractivity (Wildman–Crippen MR) is 143 cm³/mol. The number of carbonyl (C=O) groups is 2. The van der Waals surface area contributed by atoms with Gasteiger partial charge >= 0.3 is 5.91 Å². The number of benzene rings is 3. The number of aliphatic hydroxyl groups excluding tert-OH is 1. The molecule has 0 bridgehead atoms. The lowest BCUT2D eigenvalue weighted by molar-refractivity contribution is -0.132. The van der Waals surface area contributed by atoms with Crippen molar-refractivity contribution in [1.29, 1.82) is 0 Å². The molecule has 2 heterocycles. The van der Waals surface area contributed by atoms with Crippen molar-refractivity contribution >= 4 is 44.1 Å². The van der Waals surface area contributed by atoms with E-state index < -0.39 is 23.5 Å². The minimum Gasteiger partial charge on any atom is -0.507 e. The number of halogens is 1. The number of aliphatic hydroxyl groups is 1. The van der Waals surface area contributed by atoms with E-state index in [-0.39, 0.29) is 16.5 Å². The monoisotopic (exact) mass is 516 g/mol. The number of thiazole rings is 1. The number of anilines is 1. The van der Waals surface area contributed by atoms with Crippen molar-refractivity contribution < 1.29 is 23.8 Å². The van der Waals surface area contributed by atoms with Crippen molar-refractivity contribution in [2.24, 2.45) is 0 Å². The first-order valence-corrected chi connectivity index (χ1v) is 12.8. The number of hydrogen-bond donors (Lipinski definition) is 1. The van der Waals surface area contributed by atoms with E-state index in [1.54, 1.807) is 24.3 Å². The average molecular weight is 517 g/mol.